The van der Waals surface area contributed by atoms with Crippen molar-refractivity contribution in [1.82, 2.24) is 9.97 Å². The molecule has 0 bridgehead atoms. The minimum absolute atomic E-state index is 0.298. The van der Waals surface area contributed by atoms with Crippen LogP contribution in [0.25, 0.3) is 0 Å². The molecule has 0 aliphatic carbocycles. The van der Waals surface area contributed by atoms with Gasteiger partial charge in [0, 0.05) is 23.1 Å². The molecule has 1 amide bonds. The van der Waals surface area contributed by atoms with Gasteiger partial charge in [-0.2, -0.15) is 0 Å². The van der Waals surface area contributed by atoms with Crippen LogP contribution in [0.3, 0.4) is 0 Å². The number of nitrogens with zero attached hydrogens (tertiary/aromatic N) is 2. The summed E-state index contributed by atoms with van der Waals surface area (Å²) in [4.78, 5) is 20.6. The molecule has 0 atom stereocenters. The first-order chi connectivity index (χ1) is 12.7. The van der Waals surface area contributed by atoms with Crippen LogP contribution in [0, 0.1) is 0 Å². The largest absolute Gasteiger partial charge is 0.492 e. The first-order valence-electron chi connectivity index (χ1n) is 8.03. The molecule has 0 unspecified atom stereocenters. The van der Waals surface area contributed by atoms with Gasteiger partial charge in [0.1, 0.15) is 5.75 Å². The smallest absolute Gasteiger partial charge is 0.258 e. The average Bonchev–Trinajstić information content (AvgIpc) is 2.66. The zero-order chi connectivity index (χ0) is 18.4. The molecule has 0 radical (unpaired) electrons. The summed E-state index contributed by atoms with van der Waals surface area (Å²) in [5.41, 5.74) is 1.75. The minimum atomic E-state index is -0.298. The maximum atomic E-state index is 12.2. The van der Waals surface area contributed by atoms with Gasteiger partial charge in [-0.25, -0.2) is 9.97 Å². The Bertz CT molecular complexity index is 883. The highest BCUT2D eigenvalue weighted by molar-refractivity contribution is 6.30. The Kier molecular flexibility index (Phi) is 5.66. The summed E-state index contributed by atoms with van der Waals surface area (Å²) in [5, 5.41) is 6.45. The third-order valence-electron chi connectivity index (χ3n) is 3.45. The number of hydrogen-bond donors (Lipinski definition) is 2. The van der Waals surface area contributed by atoms with Gasteiger partial charge in [0.05, 0.1) is 17.9 Å². The van der Waals surface area contributed by atoms with Gasteiger partial charge in [0.25, 0.3) is 5.91 Å². The number of ether oxygens (including phenoxy) is 1. The van der Waals surface area contributed by atoms with Gasteiger partial charge in [-0.15, -0.1) is 0 Å². The van der Waals surface area contributed by atoms with E-state index < -0.39 is 0 Å². The Morgan fingerprint density at radius 1 is 1.08 bits per heavy atom. The van der Waals surface area contributed by atoms with Crippen LogP contribution >= 0.6 is 11.6 Å². The van der Waals surface area contributed by atoms with Crippen LogP contribution in [0.15, 0.2) is 60.9 Å². The molecule has 0 fully saturated rings. The van der Waals surface area contributed by atoms with E-state index in [0.717, 1.165) is 5.69 Å². The number of rotatable bonds is 6. The summed E-state index contributed by atoms with van der Waals surface area (Å²) in [6, 6.07) is 14.4. The van der Waals surface area contributed by atoms with E-state index in [1.807, 2.05) is 31.2 Å². The number of carbonyl (C=O) groups is 1. The van der Waals surface area contributed by atoms with Gasteiger partial charge in [-0.05, 0) is 43.3 Å². The van der Waals surface area contributed by atoms with Crippen LogP contribution in [0.4, 0.5) is 17.3 Å². The van der Waals surface area contributed by atoms with Crippen LogP contribution < -0.4 is 15.4 Å². The fourth-order valence-electron chi connectivity index (χ4n) is 2.22. The molecule has 3 aromatic rings. The van der Waals surface area contributed by atoms with Crippen molar-refractivity contribution in [1.29, 1.82) is 0 Å². The number of benzene rings is 2. The molecule has 0 saturated heterocycles. The van der Waals surface area contributed by atoms with Crippen molar-refractivity contribution in [3.05, 3.63) is 71.5 Å². The molecule has 6 nitrogen and oxygen atoms in total. The maximum absolute atomic E-state index is 12.2. The van der Waals surface area contributed by atoms with Gasteiger partial charge in [-0.1, -0.05) is 23.7 Å². The zero-order valence-corrected chi connectivity index (χ0v) is 14.8. The third-order valence-corrected chi connectivity index (χ3v) is 3.70. The van der Waals surface area contributed by atoms with E-state index in [9.17, 15) is 4.79 Å². The highest BCUT2D eigenvalue weighted by Crippen LogP contribution is 2.25. The van der Waals surface area contributed by atoms with E-state index in [2.05, 4.69) is 20.6 Å². The lowest BCUT2D eigenvalue weighted by Gasteiger charge is -2.11. The predicted octanol–water partition coefficient (Wildman–Crippen LogP) is 4.52. The van der Waals surface area contributed by atoms with Crippen molar-refractivity contribution in [2.24, 2.45) is 0 Å². The molecule has 0 spiro atoms. The molecule has 3 rings (SSSR count). The summed E-state index contributed by atoms with van der Waals surface area (Å²) in [6.45, 7) is 2.48. The van der Waals surface area contributed by atoms with Crippen molar-refractivity contribution >= 4 is 34.8 Å². The first kappa shape index (κ1) is 17.7. The molecule has 1 heterocycles. The molecule has 7 heteroatoms. The van der Waals surface area contributed by atoms with Crippen molar-refractivity contribution in [3.8, 4) is 5.75 Å². The van der Waals surface area contributed by atoms with E-state index >= 15 is 0 Å². The lowest BCUT2D eigenvalue weighted by Crippen LogP contribution is -2.13. The summed E-state index contributed by atoms with van der Waals surface area (Å²) < 4.78 is 5.55. The fourth-order valence-corrected chi connectivity index (χ4v) is 2.34. The third kappa shape index (κ3) is 4.49. The van der Waals surface area contributed by atoms with Crippen molar-refractivity contribution < 1.29 is 9.53 Å². The Balaban J connectivity index is 1.68. The van der Waals surface area contributed by atoms with E-state index in [1.165, 1.54) is 12.4 Å². The highest BCUT2D eigenvalue weighted by Gasteiger charge is 2.09. The van der Waals surface area contributed by atoms with Crippen LogP contribution in [0.2, 0.25) is 5.02 Å². The second kappa shape index (κ2) is 8.31. The van der Waals surface area contributed by atoms with Gasteiger partial charge in [-0.3, -0.25) is 4.79 Å². The maximum Gasteiger partial charge on any atom is 0.258 e. The molecule has 0 saturated carbocycles. The molecule has 1 aromatic heterocycles. The Morgan fingerprint density at radius 2 is 1.77 bits per heavy atom. The first-order valence-corrected chi connectivity index (χ1v) is 8.41. The van der Waals surface area contributed by atoms with Crippen molar-refractivity contribution in [2.45, 2.75) is 6.92 Å². The molecule has 2 N–H and O–H groups in total. The van der Waals surface area contributed by atoms with Crippen LogP contribution in [0.1, 0.15) is 17.3 Å². The summed E-state index contributed by atoms with van der Waals surface area (Å²) in [7, 11) is 0. The van der Waals surface area contributed by atoms with E-state index in [-0.39, 0.29) is 5.91 Å². The highest BCUT2D eigenvalue weighted by atomic mass is 35.5. The van der Waals surface area contributed by atoms with Gasteiger partial charge < -0.3 is 15.4 Å². The number of aromatic nitrogens is 2. The number of carbonyl (C=O) groups excluding carboxylic acids is 1. The van der Waals surface area contributed by atoms with E-state index in [4.69, 9.17) is 16.3 Å². The van der Waals surface area contributed by atoms with Crippen LogP contribution in [0.5, 0.6) is 5.75 Å². The van der Waals surface area contributed by atoms with Gasteiger partial charge in [0.15, 0.2) is 0 Å². The summed E-state index contributed by atoms with van der Waals surface area (Å²) in [5.74, 6) is 0.789. The zero-order valence-electron chi connectivity index (χ0n) is 14.1. The second-order valence-electron chi connectivity index (χ2n) is 5.31. The second-order valence-corrected chi connectivity index (χ2v) is 5.75. The molecule has 2 aromatic carbocycles. The number of para-hydroxylation sites is 2. The summed E-state index contributed by atoms with van der Waals surface area (Å²) in [6.07, 6.45) is 2.92. The predicted molar refractivity (Wildman–Crippen MR) is 102 cm³/mol. The SMILES string of the molecule is CCOc1ccccc1Nc1ncc(C(=O)Nc2ccc(Cl)cc2)cn1. The standard InChI is InChI=1S/C19H17ClN4O2/c1-2-26-17-6-4-3-5-16(17)24-19-21-11-13(12-22-19)18(25)23-15-9-7-14(20)8-10-15/h3-12H,2H2,1H3,(H,23,25)(H,21,22,24). The molecule has 0 aliphatic rings. The molecule has 0 aliphatic heterocycles. The minimum Gasteiger partial charge on any atom is -0.492 e. The monoisotopic (exact) mass is 368 g/mol. The number of anilines is 3. The Labute approximate surface area is 156 Å². The van der Waals surface area contributed by atoms with Crippen molar-refractivity contribution in [3.63, 3.8) is 0 Å². The van der Waals surface area contributed by atoms with Crippen LogP contribution in [-0.2, 0) is 0 Å². The lowest BCUT2D eigenvalue weighted by atomic mass is 10.2. The number of amides is 1. The molecular formula is C19H17ClN4O2. The molecule has 132 valence electrons. The quantitative estimate of drug-likeness (QED) is 0.668. The Morgan fingerprint density at radius 3 is 2.46 bits per heavy atom. The Hall–Kier alpha value is -3.12. The van der Waals surface area contributed by atoms with E-state index in [1.54, 1.807) is 24.3 Å². The number of hydrogen-bond acceptors (Lipinski definition) is 5. The van der Waals surface area contributed by atoms with E-state index in [0.29, 0.717) is 34.6 Å². The number of nitrogens with one attached hydrogen (secondary N) is 2. The van der Waals surface area contributed by atoms with Crippen LogP contribution in [-0.4, -0.2) is 22.5 Å². The molecular weight excluding hydrogens is 352 g/mol. The van der Waals surface area contributed by atoms with Gasteiger partial charge >= 0.3 is 0 Å². The van der Waals surface area contributed by atoms with Gasteiger partial charge in [0.2, 0.25) is 5.95 Å². The normalized spacial score (nSPS) is 10.2. The summed E-state index contributed by atoms with van der Waals surface area (Å²) >= 11 is 5.83. The lowest BCUT2D eigenvalue weighted by molar-refractivity contribution is 0.102. The average molecular weight is 369 g/mol. The number of halogens is 1. The fraction of sp³-hybridized carbons (Fsp3) is 0.105. The topological polar surface area (TPSA) is 76.1 Å². The molecule has 26 heavy (non-hydrogen) atoms. The van der Waals surface area contributed by atoms with Crippen molar-refractivity contribution in [2.75, 3.05) is 17.2 Å².